The van der Waals surface area contributed by atoms with Crippen molar-refractivity contribution in [3.63, 3.8) is 0 Å². The highest BCUT2D eigenvalue weighted by molar-refractivity contribution is 6.19. The number of amidine groups is 1. The van der Waals surface area contributed by atoms with Gasteiger partial charge in [0.1, 0.15) is 23.6 Å². The number of fused-ring (bicyclic) bond motifs is 1. The number of carbonyl (C=O) groups excluding carboxylic acids is 3. The zero-order valence-electron chi connectivity index (χ0n) is 19.7. The van der Waals surface area contributed by atoms with Gasteiger partial charge in [0, 0.05) is 36.3 Å². The maximum atomic E-state index is 12.6. The van der Waals surface area contributed by atoms with Crippen LogP contribution in [-0.2, 0) is 14.4 Å². The van der Waals surface area contributed by atoms with Crippen molar-refractivity contribution >= 4 is 41.0 Å². The average molecular weight is 483 g/mol. The summed E-state index contributed by atoms with van der Waals surface area (Å²) in [5.41, 5.74) is 7.25. The normalized spacial score (nSPS) is 18.3. The van der Waals surface area contributed by atoms with Gasteiger partial charge in [0.25, 0.3) is 5.91 Å². The average Bonchev–Trinajstić information content (AvgIpc) is 3.23. The molecule has 0 saturated carbocycles. The van der Waals surface area contributed by atoms with Crippen LogP contribution < -0.4 is 21.7 Å². The third-order valence-corrected chi connectivity index (χ3v) is 5.94. The predicted molar refractivity (Wildman–Crippen MR) is 131 cm³/mol. The lowest BCUT2D eigenvalue weighted by molar-refractivity contribution is -0.139. The number of ketones is 1. The Labute approximate surface area is 203 Å². The molecule has 2 heterocycles. The van der Waals surface area contributed by atoms with E-state index in [-0.39, 0.29) is 42.0 Å². The van der Waals surface area contributed by atoms with Gasteiger partial charge in [0.15, 0.2) is 0 Å². The highest BCUT2D eigenvalue weighted by Crippen LogP contribution is 2.24. The lowest BCUT2D eigenvalue weighted by Crippen LogP contribution is -2.47. The lowest BCUT2D eigenvalue weighted by Gasteiger charge is -2.20. The zero-order valence-corrected chi connectivity index (χ0v) is 19.7. The van der Waals surface area contributed by atoms with E-state index in [4.69, 9.17) is 5.73 Å². The van der Waals surface area contributed by atoms with Crippen LogP contribution in [0.3, 0.4) is 0 Å². The number of amides is 2. The molecule has 0 aliphatic carbocycles. The van der Waals surface area contributed by atoms with Crippen molar-refractivity contribution in [3.8, 4) is 0 Å². The maximum absolute atomic E-state index is 12.6. The number of nitrogens with zero attached hydrogens (tertiary/aromatic N) is 2. The second kappa shape index (κ2) is 11.4. The second-order valence-electron chi connectivity index (χ2n) is 8.60. The van der Waals surface area contributed by atoms with Gasteiger partial charge < -0.3 is 21.5 Å². The minimum atomic E-state index is -1.18. The zero-order chi connectivity index (χ0) is 25.5. The van der Waals surface area contributed by atoms with E-state index in [0.717, 1.165) is 18.4 Å². The number of guanidine groups is 1. The number of benzene rings is 1. The van der Waals surface area contributed by atoms with Crippen molar-refractivity contribution in [2.24, 2.45) is 27.6 Å². The topological polar surface area (TPSA) is 175 Å². The van der Waals surface area contributed by atoms with Gasteiger partial charge in [-0.15, -0.1) is 0 Å². The first-order valence-corrected chi connectivity index (χ1v) is 11.5. The van der Waals surface area contributed by atoms with E-state index in [1.165, 1.54) is 0 Å². The molecular weight excluding hydrogens is 452 g/mol. The Morgan fingerprint density at radius 3 is 2.57 bits per heavy atom. The molecule has 2 aliphatic rings. The Morgan fingerprint density at radius 2 is 1.91 bits per heavy atom. The van der Waals surface area contributed by atoms with Crippen molar-refractivity contribution in [3.05, 3.63) is 41.6 Å². The van der Waals surface area contributed by atoms with Crippen LogP contribution in [-0.4, -0.2) is 53.1 Å². The van der Waals surface area contributed by atoms with Crippen LogP contribution in [0.25, 0.3) is 0 Å². The summed E-state index contributed by atoms with van der Waals surface area (Å²) in [6, 6.07) is 5.33. The number of aliphatic imine (C=N–C) groups is 2. The molecule has 2 amide bonds. The van der Waals surface area contributed by atoms with Gasteiger partial charge in [-0.25, -0.2) is 9.79 Å². The standard InChI is InChI=1S/C24H30N6O5/c1-3-4-13(2)18(31)10-9-17(23(34)35)28-21(32)14-5-7-16(8-6-14)26-11-15-12-27-20-19(15)22(33)30-24(25)29-20/h5-8,12-13,17,19,26H,3-4,9-11H2,1-2H3,(H,28,32)(H,34,35)(H3,25,27,29,30,33)/t13?,17-,19?/m0/s1. The first-order chi connectivity index (χ1) is 16.7. The molecule has 11 nitrogen and oxygen atoms in total. The SMILES string of the molecule is CCCC(C)C(=O)CC[C@H](NC(=O)c1ccc(NCC2=CN=C3N=C(N)NC(=O)C23)cc1)C(=O)O. The number of carboxylic acid groups (broad SMARTS) is 1. The molecule has 1 aromatic carbocycles. The smallest absolute Gasteiger partial charge is 0.326 e. The fourth-order valence-corrected chi connectivity index (χ4v) is 3.91. The van der Waals surface area contributed by atoms with Crippen LogP contribution in [0.2, 0.25) is 0 Å². The lowest BCUT2D eigenvalue weighted by atomic mass is 9.96. The van der Waals surface area contributed by atoms with E-state index in [2.05, 4.69) is 25.9 Å². The van der Waals surface area contributed by atoms with E-state index in [1.54, 1.807) is 30.5 Å². The highest BCUT2D eigenvalue weighted by Gasteiger charge is 2.35. The largest absolute Gasteiger partial charge is 0.480 e. The number of carbonyl (C=O) groups is 4. The summed E-state index contributed by atoms with van der Waals surface area (Å²) in [6.45, 7) is 4.15. The van der Waals surface area contributed by atoms with E-state index in [0.29, 0.717) is 18.1 Å². The molecule has 35 heavy (non-hydrogen) atoms. The summed E-state index contributed by atoms with van der Waals surface area (Å²) >= 11 is 0. The van der Waals surface area contributed by atoms with Gasteiger partial charge in [-0.05, 0) is 42.7 Å². The van der Waals surface area contributed by atoms with E-state index in [9.17, 15) is 24.3 Å². The molecule has 0 spiro atoms. The summed E-state index contributed by atoms with van der Waals surface area (Å²) in [4.78, 5) is 56.7. The summed E-state index contributed by atoms with van der Waals surface area (Å²) in [6.07, 6.45) is 3.35. The summed E-state index contributed by atoms with van der Waals surface area (Å²) < 4.78 is 0. The van der Waals surface area contributed by atoms with Crippen molar-refractivity contribution in [2.75, 3.05) is 11.9 Å². The number of rotatable bonds is 12. The van der Waals surface area contributed by atoms with E-state index in [1.807, 2.05) is 13.8 Å². The second-order valence-corrected chi connectivity index (χ2v) is 8.60. The van der Waals surface area contributed by atoms with Gasteiger partial charge in [-0.3, -0.25) is 19.7 Å². The van der Waals surface area contributed by atoms with Gasteiger partial charge in [0.2, 0.25) is 11.9 Å². The van der Waals surface area contributed by atoms with Crippen LogP contribution in [0.5, 0.6) is 0 Å². The number of Topliss-reactive ketones (excluding diaryl/α,β-unsaturated/α-hetero) is 1. The molecular formula is C24H30N6O5. The first kappa shape index (κ1) is 25.6. The number of nitrogens with two attached hydrogens (primary N) is 1. The van der Waals surface area contributed by atoms with Crippen LogP contribution in [0.15, 0.2) is 46.0 Å². The molecule has 3 atom stereocenters. The maximum Gasteiger partial charge on any atom is 0.326 e. The molecule has 2 unspecified atom stereocenters. The van der Waals surface area contributed by atoms with Crippen molar-refractivity contribution in [2.45, 2.75) is 45.6 Å². The fraction of sp³-hybridized carbons (Fsp3) is 0.417. The number of hydrogen-bond acceptors (Lipinski definition) is 8. The molecule has 11 heteroatoms. The first-order valence-electron chi connectivity index (χ1n) is 11.5. The Bertz CT molecular complexity index is 1090. The van der Waals surface area contributed by atoms with Crippen LogP contribution in [0.1, 0.15) is 49.9 Å². The summed E-state index contributed by atoms with van der Waals surface area (Å²) in [5, 5.41) is 17.6. The van der Waals surface area contributed by atoms with E-state index < -0.39 is 23.8 Å². The van der Waals surface area contributed by atoms with Gasteiger partial charge in [0.05, 0.1) is 0 Å². The molecule has 0 bridgehead atoms. The Kier molecular flexibility index (Phi) is 8.34. The molecule has 1 aromatic rings. The number of nitrogens with one attached hydrogen (secondary N) is 3. The molecule has 0 aromatic heterocycles. The fourth-order valence-electron chi connectivity index (χ4n) is 3.91. The van der Waals surface area contributed by atoms with E-state index >= 15 is 0 Å². The molecule has 0 radical (unpaired) electrons. The third-order valence-electron chi connectivity index (χ3n) is 5.94. The third kappa shape index (κ3) is 6.52. The van der Waals surface area contributed by atoms with Crippen LogP contribution >= 0.6 is 0 Å². The summed E-state index contributed by atoms with van der Waals surface area (Å²) in [7, 11) is 0. The van der Waals surface area contributed by atoms with Gasteiger partial charge in [-0.2, -0.15) is 4.99 Å². The number of carboxylic acids is 1. The minimum Gasteiger partial charge on any atom is -0.480 e. The number of hydrogen-bond donors (Lipinski definition) is 5. The van der Waals surface area contributed by atoms with Crippen LogP contribution in [0.4, 0.5) is 5.69 Å². The van der Waals surface area contributed by atoms with Crippen molar-refractivity contribution < 1.29 is 24.3 Å². The number of aliphatic carboxylic acids is 1. The Balaban J connectivity index is 1.52. The van der Waals surface area contributed by atoms with Crippen LogP contribution in [0, 0.1) is 11.8 Å². The van der Waals surface area contributed by atoms with Crippen molar-refractivity contribution in [1.29, 1.82) is 0 Å². The predicted octanol–water partition coefficient (Wildman–Crippen LogP) is 1.42. The minimum absolute atomic E-state index is 0.00125. The van der Waals surface area contributed by atoms with Crippen molar-refractivity contribution in [1.82, 2.24) is 10.6 Å². The molecule has 0 fully saturated rings. The summed E-state index contributed by atoms with van der Waals surface area (Å²) in [5.74, 6) is -2.36. The monoisotopic (exact) mass is 482 g/mol. The van der Waals surface area contributed by atoms with Gasteiger partial charge in [-0.1, -0.05) is 20.3 Å². The Morgan fingerprint density at radius 1 is 1.20 bits per heavy atom. The molecule has 6 N–H and O–H groups in total. The molecule has 186 valence electrons. The Hall–Kier alpha value is -4.02. The molecule has 3 rings (SSSR count). The highest BCUT2D eigenvalue weighted by atomic mass is 16.4. The molecule has 2 aliphatic heterocycles. The number of anilines is 1. The quantitative estimate of drug-likeness (QED) is 0.299. The molecule has 0 saturated heterocycles. The van der Waals surface area contributed by atoms with Gasteiger partial charge >= 0.3 is 5.97 Å².